The van der Waals surface area contributed by atoms with Gasteiger partial charge in [-0.05, 0) is 5.56 Å². The number of anilines is 1. The van der Waals surface area contributed by atoms with Crippen LogP contribution in [0.4, 0.5) is 5.69 Å². The maximum atomic E-state index is 11.6. The number of carbonyl (C=O) groups excluding carboxylic acids is 1. The largest absolute Gasteiger partial charge is 0.323 e. The molecule has 1 heterocycles. The average Bonchev–Trinajstić information content (AvgIpc) is 2.65. The Morgan fingerprint density at radius 2 is 2.12 bits per heavy atom. The minimum atomic E-state index is -0.0285. The molecule has 0 aliphatic carbocycles. The van der Waals surface area contributed by atoms with Gasteiger partial charge in [0, 0.05) is 13.2 Å². The molecule has 1 amide bonds. The number of aromatic nitrogens is 2. The van der Waals surface area contributed by atoms with Gasteiger partial charge in [0.15, 0.2) is 0 Å². The number of amides is 1. The zero-order valence-corrected chi connectivity index (χ0v) is 9.05. The zero-order chi connectivity index (χ0) is 11.4. The van der Waals surface area contributed by atoms with Gasteiger partial charge in [0.2, 0.25) is 5.91 Å². The van der Waals surface area contributed by atoms with Crippen LogP contribution in [0.15, 0.2) is 42.7 Å². The summed E-state index contributed by atoms with van der Waals surface area (Å²) in [6.45, 7) is 0. The van der Waals surface area contributed by atoms with E-state index in [-0.39, 0.29) is 5.91 Å². The summed E-state index contributed by atoms with van der Waals surface area (Å²) < 4.78 is 1.65. The van der Waals surface area contributed by atoms with Gasteiger partial charge < -0.3 is 5.32 Å². The lowest BCUT2D eigenvalue weighted by Crippen LogP contribution is -2.13. The first-order valence-electron chi connectivity index (χ1n) is 5.06. The summed E-state index contributed by atoms with van der Waals surface area (Å²) in [5.41, 5.74) is 1.73. The van der Waals surface area contributed by atoms with Crippen LogP contribution in [0.1, 0.15) is 5.56 Å². The molecule has 0 radical (unpaired) electrons. The van der Waals surface area contributed by atoms with Crippen LogP contribution in [-0.4, -0.2) is 15.7 Å². The number of nitrogens with one attached hydrogen (secondary N) is 1. The topological polar surface area (TPSA) is 46.9 Å². The zero-order valence-electron chi connectivity index (χ0n) is 9.05. The van der Waals surface area contributed by atoms with E-state index in [4.69, 9.17) is 0 Å². The Kier molecular flexibility index (Phi) is 3.00. The Bertz CT molecular complexity index is 476. The predicted octanol–water partition coefficient (Wildman–Crippen LogP) is 1.60. The van der Waals surface area contributed by atoms with Crippen molar-refractivity contribution in [1.82, 2.24) is 9.78 Å². The molecule has 0 fully saturated rings. The standard InChI is InChI=1S/C12H13N3O/c1-15-9-11(8-13-15)14-12(16)7-10-5-3-2-4-6-10/h2-6,8-9H,7H2,1H3,(H,14,16). The Hall–Kier alpha value is -2.10. The monoisotopic (exact) mass is 215 g/mol. The fraction of sp³-hybridized carbons (Fsp3) is 0.167. The maximum absolute atomic E-state index is 11.6. The third-order valence-corrected chi connectivity index (χ3v) is 2.20. The van der Waals surface area contributed by atoms with Crippen molar-refractivity contribution in [3.05, 3.63) is 48.3 Å². The highest BCUT2D eigenvalue weighted by atomic mass is 16.1. The van der Waals surface area contributed by atoms with Crippen molar-refractivity contribution in [2.75, 3.05) is 5.32 Å². The van der Waals surface area contributed by atoms with Gasteiger partial charge in [-0.1, -0.05) is 30.3 Å². The van der Waals surface area contributed by atoms with Gasteiger partial charge in [-0.3, -0.25) is 9.48 Å². The van der Waals surface area contributed by atoms with Crippen LogP contribution in [0.25, 0.3) is 0 Å². The third-order valence-electron chi connectivity index (χ3n) is 2.20. The summed E-state index contributed by atoms with van der Waals surface area (Å²) in [5.74, 6) is -0.0285. The molecule has 0 atom stereocenters. The quantitative estimate of drug-likeness (QED) is 0.845. The van der Waals surface area contributed by atoms with Gasteiger partial charge >= 0.3 is 0 Å². The lowest BCUT2D eigenvalue weighted by Gasteiger charge is -2.01. The van der Waals surface area contributed by atoms with Gasteiger partial charge in [0.25, 0.3) is 0 Å². The number of aryl methyl sites for hydroxylation is 1. The highest BCUT2D eigenvalue weighted by Crippen LogP contribution is 2.05. The molecule has 0 aliphatic heterocycles. The van der Waals surface area contributed by atoms with E-state index >= 15 is 0 Å². The van der Waals surface area contributed by atoms with Crippen LogP contribution in [0.2, 0.25) is 0 Å². The van der Waals surface area contributed by atoms with Gasteiger partial charge in [-0.15, -0.1) is 0 Å². The molecule has 1 N–H and O–H groups in total. The van der Waals surface area contributed by atoms with E-state index in [0.717, 1.165) is 11.3 Å². The molecule has 2 aromatic rings. The Balaban J connectivity index is 1.95. The third kappa shape index (κ3) is 2.70. The molecular formula is C12H13N3O. The molecule has 0 spiro atoms. The van der Waals surface area contributed by atoms with Crippen molar-refractivity contribution in [3.8, 4) is 0 Å². The van der Waals surface area contributed by atoms with Crippen molar-refractivity contribution >= 4 is 11.6 Å². The summed E-state index contributed by atoms with van der Waals surface area (Å²) >= 11 is 0. The SMILES string of the molecule is Cn1cc(NC(=O)Cc2ccccc2)cn1. The number of hydrogen-bond donors (Lipinski definition) is 1. The van der Waals surface area contributed by atoms with Gasteiger partial charge in [0.05, 0.1) is 18.3 Å². The van der Waals surface area contributed by atoms with Crippen LogP contribution in [0, 0.1) is 0 Å². The molecule has 82 valence electrons. The molecule has 0 bridgehead atoms. The molecule has 1 aromatic carbocycles. The van der Waals surface area contributed by atoms with Crippen LogP contribution in [0.5, 0.6) is 0 Å². The lowest BCUT2D eigenvalue weighted by molar-refractivity contribution is -0.115. The summed E-state index contributed by atoms with van der Waals surface area (Å²) in [6, 6.07) is 9.65. The summed E-state index contributed by atoms with van der Waals surface area (Å²) in [6.07, 6.45) is 3.78. The molecule has 16 heavy (non-hydrogen) atoms. The number of carbonyl (C=O) groups is 1. The molecule has 0 aliphatic rings. The van der Waals surface area contributed by atoms with E-state index in [9.17, 15) is 4.79 Å². The number of rotatable bonds is 3. The minimum absolute atomic E-state index is 0.0285. The Labute approximate surface area is 93.9 Å². The van der Waals surface area contributed by atoms with Crippen molar-refractivity contribution in [3.63, 3.8) is 0 Å². The molecule has 0 unspecified atom stereocenters. The first-order chi connectivity index (χ1) is 7.74. The van der Waals surface area contributed by atoms with E-state index in [2.05, 4.69) is 10.4 Å². The van der Waals surface area contributed by atoms with Crippen molar-refractivity contribution in [2.24, 2.45) is 7.05 Å². The maximum Gasteiger partial charge on any atom is 0.228 e. The van der Waals surface area contributed by atoms with Gasteiger partial charge in [-0.2, -0.15) is 5.10 Å². The molecule has 0 saturated carbocycles. The van der Waals surface area contributed by atoms with Crippen molar-refractivity contribution in [2.45, 2.75) is 6.42 Å². The van der Waals surface area contributed by atoms with E-state index in [1.807, 2.05) is 37.4 Å². The second-order valence-corrected chi connectivity index (χ2v) is 3.61. The van der Waals surface area contributed by atoms with Crippen LogP contribution < -0.4 is 5.32 Å². The molecule has 1 aromatic heterocycles. The van der Waals surface area contributed by atoms with Gasteiger partial charge in [0.1, 0.15) is 0 Å². The second kappa shape index (κ2) is 4.61. The number of nitrogens with zero attached hydrogens (tertiary/aromatic N) is 2. The first kappa shape index (κ1) is 10.4. The van der Waals surface area contributed by atoms with E-state index in [1.165, 1.54) is 0 Å². The Morgan fingerprint density at radius 3 is 2.75 bits per heavy atom. The lowest BCUT2D eigenvalue weighted by atomic mass is 10.1. The molecule has 0 saturated heterocycles. The van der Waals surface area contributed by atoms with Crippen LogP contribution in [-0.2, 0) is 18.3 Å². The number of benzene rings is 1. The number of hydrogen-bond acceptors (Lipinski definition) is 2. The molecular weight excluding hydrogens is 202 g/mol. The van der Waals surface area contributed by atoms with E-state index in [0.29, 0.717) is 6.42 Å². The molecule has 2 rings (SSSR count). The minimum Gasteiger partial charge on any atom is -0.323 e. The van der Waals surface area contributed by atoms with E-state index in [1.54, 1.807) is 17.1 Å². The first-order valence-corrected chi connectivity index (χ1v) is 5.06. The highest BCUT2D eigenvalue weighted by Gasteiger charge is 2.04. The summed E-state index contributed by atoms with van der Waals surface area (Å²) in [4.78, 5) is 11.6. The fourth-order valence-electron chi connectivity index (χ4n) is 1.47. The molecule has 4 nitrogen and oxygen atoms in total. The van der Waals surface area contributed by atoms with Crippen molar-refractivity contribution in [1.29, 1.82) is 0 Å². The fourth-order valence-corrected chi connectivity index (χ4v) is 1.47. The Morgan fingerprint density at radius 1 is 1.38 bits per heavy atom. The smallest absolute Gasteiger partial charge is 0.228 e. The second-order valence-electron chi connectivity index (χ2n) is 3.61. The average molecular weight is 215 g/mol. The summed E-state index contributed by atoms with van der Waals surface area (Å²) in [7, 11) is 1.81. The van der Waals surface area contributed by atoms with Crippen molar-refractivity contribution < 1.29 is 4.79 Å². The molecule has 4 heteroatoms. The summed E-state index contributed by atoms with van der Waals surface area (Å²) in [5, 5.41) is 6.77. The van der Waals surface area contributed by atoms with Crippen LogP contribution >= 0.6 is 0 Å². The van der Waals surface area contributed by atoms with Crippen LogP contribution in [0.3, 0.4) is 0 Å². The van der Waals surface area contributed by atoms with Gasteiger partial charge in [-0.25, -0.2) is 0 Å². The van der Waals surface area contributed by atoms with E-state index < -0.39 is 0 Å². The highest BCUT2D eigenvalue weighted by molar-refractivity contribution is 5.91. The predicted molar refractivity (Wildman–Crippen MR) is 62.0 cm³/mol. The normalized spacial score (nSPS) is 10.1.